The van der Waals surface area contributed by atoms with Crippen LogP contribution < -0.4 is 44.7 Å². The van der Waals surface area contributed by atoms with Crippen LogP contribution in [0.2, 0.25) is 10.0 Å². The summed E-state index contributed by atoms with van der Waals surface area (Å²) in [4.78, 5) is 12.6. The smallest absolute Gasteiger partial charge is 0.870 e. The third-order valence-corrected chi connectivity index (χ3v) is 7.07. The predicted octanol–water partition coefficient (Wildman–Crippen LogP) is 3.71. The monoisotopic (exact) mass is 595 g/mol. The Morgan fingerprint density at radius 2 is 1.74 bits per heavy atom. The first-order valence-electron chi connectivity index (χ1n) is 11.1. The summed E-state index contributed by atoms with van der Waals surface area (Å²) in [7, 11) is -3.24. The van der Waals surface area contributed by atoms with Crippen LogP contribution in [-0.4, -0.2) is 26.0 Å². The van der Waals surface area contributed by atoms with Crippen LogP contribution >= 0.6 is 23.2 Å². The van der Waals surface area contributed by atoms with Gasteiger partial charge in [-0.2, -0.15) is 13.5 Å². The zero-order chi connectivity index (χ0) is 27.6. The minimum Gasteiger partial charge on any atom is -0.870 e. The van der Waals surface area contributed by atoms with Crippen molar-refractivity contribution < 1.29 is 57.2 Å². The summed E-state index contributed by atoms with van der Waals surface area (Å²) < 4.78 is 38.9. The molecule has 0 saturated heterocycles. The van der Waals surface area contributed by atoms with E-state index in [1.165, 1.54) is 31.4 Å². The number of halogens is 2. The first kappa shape index (κ1) is 30.8. The first-order chi connectivity index (χ1) is 18.0. The second-order valence-corrected chi connectivity index (χ2v) is 10.3. The SMILES string of the molecule is CCc1cc(Cl)cc(S(=O)(=O)O)c1N=Nc1c([O-])c(C(=O)Nc2ccc(OC)cc2Cl)cc2ccccc12.[Na+]. The Labute approximate surface area is 256 Å². The number of benzene rings is 4. The van der Waals surface area contributed by atoms with E-state index in [4.69, 9.17) is 27.9 Å². The molecule has 9 nitrogen and oxygen atoms in total. The van der Waals surface area contributed by atoms with Crippen molar-refractivity contribution in [2.45, 2.75) is 18.2 Å². The fraction of sp³-hybridized carbons (Fsp3) is 0.115. The summed E-state index contributed by atoms with van der Waals surface area (Å²) in [6, 6.07) is 15.3. The van der Waals surface area contributed by atoms with Crippen LogP contribution in [-0.2, 0) is 16.5 Å². The maximum Gasteiger partial charge on any atom is 1.00 e. The predicted molar refractivity (Wildman–Crippen MR) is 144 cm³/mol. The van der Waals surface area contributed by atoms with Crippen LogP contribution in [0.4, 0.5) is 17.1 Å². The van der Waals surface area contributed by atoms with E-state index in [0.717, 1.165) is 6.07 Å². The van der Waals surface area contributed by atoms with Gasteiger partial charge in [0.15, 0.2) is 0 Å². The van der Waals surface area contributed by atoms with Gasteiger partial charge >= 0.3 is 29.6 Å². The van der Waals surface area contributed by atoms with E-state index < -0.39 is 26.7 Å². The van der Waals surface area contributed by atoms with Crippen molar-refractivity contribution in [3.63, 3.8) is 0 Å². The number of rotatable bonds is 7. The molecule has 196 valence electrons. The van der Waals surface area contributed by atoms with Crippen LogP contribution in [0.1, 0.15) is 22.8 Å². The molecule has 0 atom stereocenters. The number of azo groups is 1. The van der Waals surface area contributed by atoms with Crippen molar-refractivity contribution in [2.24, 2.45) is 10.2 Å². The van der Waals surface area contributed by atoms with E-state index in [-0.39, 0.29) is 62.2 Å². The molecule has 0 aromatic heterocycles. The van der Waals surface area contributed by atoms with Gasteiger partial charge in [-0.25, -0.2) is 0 Å². The largest absolute Gasteiger partial charge is 1.00 e. The van der Waals surface area contributed by atoms with Gasteiger partial charge in [0.1, 0.15) is 16.3 Å². The quantitative estimate of drug-likeness (QED) is 0.189. The van der Waals surface area contributed by atoms with Gasteiger partial charge in [0.25, 0.3) is 16.0 Å². The zero-order valence-corrected chi connectivity index (χ0v) is 25.4. The summed E-state index contributed by atoms with van der Waals surface area (Å²) in [5.74, 6) is -0.984. The summed E-state index contributed by atoms with van der Waals surface area (Å²) >= 11 is 12.2. The van der Waals surface area contributed by atoms with Gasteiger partial charge in [-0.05, 0) is 47.7 Å². The van der Waals surface area contributed by atoms with Crippen LogP contribution in [0.15, 0.2) is 75.8 Å². The van der Waals surface area contributed by atoms with Crippen LogP contribution in [0, 0.1) is 0 Å². The first-order valence-corrected chi connectivity index (χ1v) is 13.3. The van der Waals surface area contributed by atoms with Gasteiger partial charge in [0.2, 0.25) is 0 Å². The van der Waals surface area contributed by atoms with Gasteiger partial charge in [0.05, 0.1) is 23.5 Å². The molecule has 0 heterocycles. The molecule has 1 amide bonds. The molecule has 0 radical (unpaired) electrons. The minimum atomic E-state index is -4.71. The topological polar surface area (TPSA) is 140 Å². The summed E-state index contributed by atoms with van der Waals surface area (Å²) in [5, 5.41) is 25.4. The Balaban J connectivity index is 0.00000420. The Morgan fingerprint density at radius 1 is 1.05 bits per heavy atom. The number of fused-ring (bicyclic) bond motifs is 1. The maximum absolute atomic E-state index is 13.5. The molecule has 0 saturated carbocycles. The average molecular weight is 596 g/mol. The second kappa shape index (κ2) is 12.6. The molecule has 0 fully saturated rings. The van der Waals surface area contributed by atoms with E-state index in [2.05, 4.69) is 15.5 Å². The zero-order valence-electron chi connectivity index (χ0n) is 21.0. The number of nitrogens with one attached hydrogen (secondary N) is 1. The van der Waals surface area contributed by atoms with Crippen molar-refractivity contribution in [3.8, 4) is 11.5 Å². The molecule has 0 bridgehead atoms. The number of ether oxygens (including phenoxy) is 1. The van der Waals surface area contributed by atoms with Gasteiger partial charge in [-0.3, -0.25) is 9.35 Å². The number of hydrogen-bond acceptors (Lipinski definition) is 7. The molecule has 0 unspecified atom stereocenters. The molecule has 13 heteroatoms. The Hall–Kier alpha value is -2.70. The van der Waals surface area contributed by atoms with Crippen molar-refractivity contribution in [1.29, 1.82) is 0 Å². The molecule has 4 rings (SSSR count). The van der Waals surface area contributed by atoms with E-state index in [9.17, 15) is 22.9 Å². The Kier molecular flexibility index (Phi) is 10.0. The van der Waals surface area contributed by atoms with E-state index in [1.54, 1.807) is 37.3 Å². The number of carbonyl (C=O) groups excluding carboxylic acids is 1. The van der Waals surface area contributed by atoms with Crippen molar-refractivity contribution in [3.05, 3.63) is 81.8 Å². The third kappa shape index (κ3) is 6.72. The molecular formula is C26H20Cl2N3NaO6S. The molecule has 2 N–H and O–H groups in total. The van der Waals surface area contributed by atoms with Crippen molar-refractivity contribution in [1.82, 2.24) is 0 Å². The van der Waals surface area contributed by atoms with Crippen molar-refractivity contribution in [2.75, 3.05) is 12.4 Å². The van der Waals surface area contributed by atoms with Crippen LogP contribution in [0.5, 0.6) is 11.5 Å². The standard InChI is InChI=1S/C26H21Cl2N3O6S.Na/c1-3-14-10-16(27)12-22(38(34,35)36)23(14)30-31-24-18-7-5-4-6-15(18)11-19(25(24)32)26(33)29-21-9-8-17(37-2)13-20(21)28;/h4-13,32H,3H2,1-2H3,(H,29,33)(H,34,35,36);/q;+1/p-1. The maximum atomic E-state index is 13.5. The van der Waals surface area contributed by atoms with Gasteiger partial charge in [0, 0.05) is 22.0 Å². The van der Waals surface area contributed by atoms with E-state index in [1.807, 2.05) is 0 Å². The second-order valence-electron chi connectivity index (χ2n) is 8.06. The molecule has 0 aliphatic rings. The number of methoxy groups -OCH3 is 1. The average Bonchev–Trinajstić information content (AvgIpc) is 2.88. The van der Waals surface area contributed by atoms with E-state index >= 15 is 0 Å². The minimum absolute atomic E-state index is 0. The van der Waals surface area contributed by atoms with Crippen LogP contribution in [0.3, 0.4) is 0 Å². The van der Waals surface area contributed by atoms with Gasteiger partial charge in [-0.15, -0.1) is 5.11 Å². The molecule has 0 aliphatic heterocycles. The molecule has 39 heavy (non-hydrogen) atoms. The molecule has 4 aromatic rings. The summed E-state index contributed by atoms with van der Waals surface area (Å²) in [6.45, 7) is 1.74. The van der Waals surface area contributed by atoms with Gasteiger partial charge in [-0.1, -0.05) is 60.1 Å². The third-order valence-electron chi connectivity index (χ3n) is 5.67. The molecule has 0 spiro atoms. The fourth-order valence-corrected chi connectivity index (χ4v) is 5.01. The number of anilines is 1. The Morgan fingerprint density at radius 3 is 2.38 bits per heavy atom. The number of carbonyl (C=O) groups is 1. The summed E-state index contributed by atoms with van der Waals surface area (Å²) in [5.41, 5.74) is 0.0647. The summed E-state index contributed by atoms with van der Waals surface area (Å²) in [6.07, 6.45) is 0.313. The number of amides is 1. The normalized spacial score (nSPS) is 11.4. The number of aryl methyl sites for hydroxylation is 1. The number of hydrogen-bond donors (Lipinski definition) is 2. The molecule has 0 aliphatic carbocycles. The fourth-order valence-electron chi connectivity index (χ4n) is 3.80. The van der Waals surface area contributed by atoms with Crippen molar-refractivity contribution >= 4 is 67.1 Å². The Bertz CT molecular complexity index is 1710. The molecular weight excluding hydrogens is 576 g/mol. The van der Waals surface area contributed by atoms with Gasteiger partial charge < -0.3 is 15.2 Å². The van der Waals surface area contributed by atoms with E-state index in [0.29, 0.717) is 28.5 Å². The molecule has 4 aromatic carbocycles. The number of nitrogens with zero attached hydrogens (tertiary/aromatic N) is 2. The van der Waals surface area contributed by atoms with Crippen LogP contribution in [0.25, 0.3) is 10.8 Å².